The molecule has 3 atom stereocenters. The molecule has 1 saturated carbocycles. The summed E-state index contributed by atoms with van der Waals surface area (Å²) >= 11 is 0. The average molecular weight is 515 g/mol. The molecule has 4 N–H and O–H groups in total. The third kappa shape index (κ3) is 5.72. The van der Waals surface area contributed by atoms with E-state index in [0.717, 1.165) is 36.2 Å². The first-order chi connectivity index (χ1) is 17.7. The van der Waals surface area contributed by atoms with Gasteiger partial charge in [-0.15, -0.1) is 0 Å². The number of nitrogens with zero attached hydrogens (tertiary/aromatic N) is 2. The van der Waals surface area contributed by atoms with Crippen LogP contribution < -0.4 is 10.6 Å². The molecule has 0 saturated heterocycles. The first-order valence-corrected chi connectivity index (χ1v) is 11.7. The number of rotatable bonds is 6. The van der Waals surface area contributed by atoms with Crippen molar-refractivity contribution < 1.29 is 33.0 Å². The number of aliphatic hydroxyl groups excluding tert-OH is 1. The molecule has 11 heteroatoms. The van der Waals surface area contributed by atoms with Gasteiger partial charge in [-0.2, -0.15) is 0 Å². The van der Waals surface area contributed by atoms with Gasteiger partial charge >= 0.3 is 6.09 Å². The zero-order chi connectivity index (χ0) is 26.7. The van der Waals surface area contributed by atoms with E-state index in [1.165, 1.54) is 6.20 Å². The van der Waals surface area contributed by atoms with E-state index in [1.54, 1.807) is 12.3 Å². The third-order valence-electron chi connectivity index (χ3n) is 6.47. The highest BCUT2D eigenvalue weighted by Gasteiger charge is 2.30. The molecule has 3 aromatic rings. The topological polar surface area (TPSA) is 124 Å². The van der Waals surface area contributed by atoms with Gasteiger partial charge in [0.15, 0.2) is 0 Å². The number of carbonyl (C=O) groups is 2. The predicted molar refractivity (Wildman–Crippen MR) is 128 cm³/mol. The quantitative estimate of drug-likeness (QED) is 0.373. The van der Waals surface area contributed by atoms with Crippen LogP contribution in [0.15, 0.2) is 42.7 Å². The molecule has 0 bridgehead atoms. The number of aromatic nitrogens is 2. The van der Waals surface area contributed by atoms with Gasteiger partial charge < -0.3 is 20.8 Å². The smallest absolute Gasteiger partial charge is 0.404 e. The van der Waals surface area contributed by atoms with Crippen LogP contribution in [0, 0.1) is 23.4 Å². The van der Waals surface area contributed by atoms with E-state index in [4.69, 9.17) is 5.11 Å². The molecule has 2 heterocycles. The van der Waals surface area contributed by atoms with Gasteiger partial charge in [0.2, 0.25) is 0 Å². The van der Waals surface area contributed by atoms with Crippen LogP contribution in [0.4, 0.5) is 23.7 Å². The average Bonchev–Trinajstić information content (AvgIpc) is 2.84. The summed E-state index contributed by atoms with van der Waals surface area (Å²) in [6.45, 7) is 1.30. The summed E-state index contributed by atoms with van der Waals surface area (Å²) in [4.78, 5) is 32.2. The van der Waals surface area contributed by atoms with E-state index in [-0.39, 0.29) is 29.1 Å². The van der Waals surface area contributed by atoms with Crippen molar-refractivity contribution in [3.8, 4) is 11.3 Å². The first-order valence-electron chi connectivity index (χ1n) is 11.7. The molecule has 8 nitrogen and oxygen atoms in total. The van der Waals surface area contributed by atoms with Crippen LogP contribution in [0.25, 0.3) is 11.3 Å². The van der Waals surface area contributed by atoms with Crippen LogP contribution in [0.1, 0.15) is 53.7 Å². The van der Waals surface area contributed by atoms with Crippen molar-refractivity contribution in [3.05, 3.63) is 77.0 Å². The Hall–Kier alpha value is -3.99. The van der Waals surface area contributed by atoms with Gasteiger partial charge in [0.1, 0.15) is 28.8 Å². The number of carbonyl (C=O) groups excluding carboxylic acids is 1. The highest BCUT2D eigenvalue weighted by Crippen LogP contribution is 2.39. The lowest BCUT2D eigenvalue weighted by molar-refractivity contribution is 0.102. The molecule has 37 heavy (non-hydrogen) atoms. The van der Waals surface area contributed by atoms with Crippen LogP contribution in [0.2, 0.25) is 0 Å². The zero-order valence-electron chi connectivity index (χ0n) is 19.8. The highest BCUT2D eigenvalue weighted by atomic mass is 19.1. The van der Waals surface area contributed by atoms with Crippen LogP contribution in [-0.4, -0.2) is 38.2 Å². The number of hydrogen-bond acceptors (Lipinski definition) is 5. The minimum atomic E-state index is -1.17. The Morgan fingerprint density at radius 1 is 1.05 bits per heavy atom. The standard InChI is InChI=1S/C26H25F3N4O4/c1-13-8-15(10-16(9-13)31-26(36)37)17-6-7-30-11-21(17)33-25(35)20-5-4-19(28)24(32-20)22-18(27)3-2-14(12-34)23(22)29/h2-7,11,13,15-16,31,34H,8-10,12H2,1H3,(H,33,35)(H,36,37)/t13-,15+,16-/m0/s1. The molecule has 1 aliphatic rings. The van der Waals surface area contributed by atoms with Gasteiger partial charge in [0, 0.05) is 17.8 Å². The lowest BCUT2D eigenvalue weighted by atomic mass is 9.76. The molecule has 0 radical (unpaired) electrons. The largest absolute Gasteiger partial charge is 0.465 e. The molecule has 1 aliphatic carbocycles. The summed E-state index contributed by atoms with van der Waals surface area (Å²) in [7, 11) is 0. The van der Waals surface area contributed by atoms with E-state index in [9.17, 15) is 27.9 Å². The Morgan fingerprint density at radius 3 is 2.54 bits per heavy atom. The molecule has 0 unspecified atom stereocenters. The molecule has 4 rings (SSSR count). The van der Waals surface area contributed by atoms with E-state index in [0.29, 0.717) is 18.5 Å². The Labute approximate surface area is 210 Å². The normalized spacial score (nSPS) is 19.3. The number of amides is 2. The van der Waals surface area contributed by atoms with Crippen molar-refractivity contribution in [2.24, 2.45) is 5.92 Å². The van der Waals surface area contributed by atoms with Crippen molar-refractivity contribution in [1.29, 1.82) is 0 Å². The fraction of sp³-hybridized carbons (Fsp3) is 0.308. The maximum Gasteiger partial charge on any atom is 0.404 e. The van der Waals surface area contributed by atoms with Crippen LogP contribution in [0.3, 0.4) is 0 Å². The van der Waals surface area contributed by atoms with Gasteiger partial charge in [0.05, 0.1) is 24.1 Å². The lowest BCUT2D eigenvalue weighted by Gasteiger charge is -2.34. The zero-order valence-corrected chi connectivity index (χ0v) is 19.8. The van der Waals surface area contributed by atoms with Crippen LogP contribution in [-0.2, 0) is 6.61 Å². The van der Waals surface area contributed by atoms with Gasteiger partial charge in [0.25, 0.3) is 5.91 Å². The number of nitrogens with one attached hydrogen (secondary N) is 2. The fourth-order valence-corrected chi connectivity index (χ4v) is 4.88. The van der Waals surface area contributed by atoms with Gasteiger partial charge in [-0.25, -0.2) is 22.9 Å². The number of pyridine rings is 2. The molecule has 1 aromatic carbocycles. The molecule has 2 amide bonds. The predicted octanol–water partition coefficient (Wildman–Crippen LogP) is 4.85. The van der Waals surface area contributed by atoms with Crippen molar-refractivity contribution >= 4 is 17.7 Å². The van der Waals surface area contributed by atoms with Crippen molar-refractivity contribution in [1.82, 2.24) is 15.3 Å². The first kappa shape index (κ1) is 26.1. The Bertz CT molecular complexity index is 1340. The number of aliphatic hydroxyl groups is 1. The van der Waals surface area contributed by atoms with E-state index in [2.05, 4.69) is 20.6 Å². The van der Waals surface area contributed by atoms with Crippen LogP contribution in [0.5, 0.6) is 0 Å². The summed E-state index contributed by atoms with van der Waals surface area (Å²) in [5.41, 5.74) is -0.899. The lowest BCUT2D eigenvalue weighted by Crippen LogP contribution is -2.39. The van der Waals surface area contributed by atoms with E-state index in [1.807, 2.05) is 6.92 Å². The number of anilines is 1. The number of halogens is 3. The summed E-state index contributed by atoms with van der Waals surface area (Å²) in [5, 5.41) is 23.6. The molecule has 2 aromatic heterocycles. The molecule has 0 aliphatic heterocycles. The van der Waals surface area contributed by atoms with Crippen LogP contribution >= 0.6 is 0 Å². The number of hydrogen-bond donors (Lipinski definition) is 4. The maximum absolute atomic E-state index is 14.7. The van der Waals surface area contributed by atoms with Gasteiger partial charge in [-0.3, -0.25) is 9.78 Å². The van der Waals surface area contributed by atoms with E-state index < -0.39 is 47.3 Å². The monoisotopic (exact) mass is 514 g/mol. The second-order valence-electron chi connectivity index (χ2n) is 9.15. The second-order valence-corrected chi connectivity index (χ2v) is 9.15. The number of benzene rings is 1. The van der Waals surface area contributed by atoms with Crippen molar-refractivity contribution in [2.45, 2.75) is 44.8 Å². The van der Waals surface area contributed by atoms with Gasteiger partial charge in [-0.05, 0) is 60.9 Å². The van der Waals surface area contributed by atoms with Gasteiger partial charge in [-0.1, -0.05) is 13.0 Å². The summed E-state index contributed by atoms with van der Waals surface area (Å²) in [6, 6.07) is 5.39. The molecule has 1 fully saturated rings. The minimum Gasteiger partial charge on any atom is -0.465 e. The second kappa shape index (κ2) is 11.0. The number of carboxylic acid groups (broad SMARTS) is 1. The Morgan fingerprint density at radius 2 is 1.81 bits per heavy atom. The maximum atomic E-state index is 14.7. The Balaban J connectivity index is 1.63. The summed E-state index contributed by atoms with van der Waals surface area (Å²) in [5.74, 6) is -3.90. The molecule has 194 valence electrons. The highest BCUT2D eigenvalue weighted by molar-refractivity contribution is 6.03. The fourth-order valence-electron chi connectivity index (χ4n) is 4.88. The molecular weight excluding hydrogens is 489 g/mol. The minimum absolute atomic E-state index is 0.0694. The molecule has 0 spiro atoms. The van der Waals surface area contributed by atoms with Crippen molar-refractivity contribution in [2.75, 3.05) is 5.32 Å². The van der Waals surface area contributed by atoms with Crippen molar-refractivity contribution in [3.63, 3.8) is 0 Å². The third-order valence-corrected chi connectivity index (χ3v) is 6.47. The summed E-state index contributed by atoms with van der Waals surface area (Å²) in [6.07, 6.45) is 3.91. The van der Waals surface area contributed by atoms with E-state index >= 15 is 0 Å². The molecular formula is C26H25F3N4O4. The Kier molecular flexibility index (Phi) is 7.72. The summed E-state index contributed by atoms with van der Waals surface area (Å²) < 4.78 is 43.7. The SMILES string of the molecule is C[C@@H]1C[C@H](NC(=O)O)C[C@H](c2ccncc2NC(=O)c2ccc(F)c(-c3c(F)ccc(CO)c3F)n2)C1.